The molecule has 2 aromatic carbocycles. The number of carbonyl (C=O) groups is 1. The van der Waals surface area contributed by atoms with Crippen molar-refractivity contribution in [3.63, 3.8) is 0 Å². The predicted octanol–water partition coefficient (Wildman–Crippen LogP) is 3.86. The van der Waals surface area contributed by atoms with Crippen LogP contribution in [0.3, 0.4) is 0 Å². The van der Waals surface area contributed by atoms with Crippen LogP contribution in [-0.4, -0.2) is 21.9 Å². The molecule has 7 nitrogen and oxygen atoms in total. The Labute approximate surface area is 185 Å². The first-order valence-electron chi connectivity index (χ1n) is 11.0. The Bertz CT molecular complexity index is 1270. The number of benzene rings is 2. The van der Waals surface area contributed by atoms with Gasteiger partial charge in [0.05, 0.1) is 22.7 Å². The van der Waals surface area contributed by atoms with Crippen LogP contribution in [0.5, 0.6) is 0 Å². The van der Waals surface area contributed by atoms with E-state index in [-0.39, 0.29) is 17.2 Å². The highest BCUT2D eigenvalue weighted by molar-refractivity contribution is 6.17. The fourth-order valence-electron chi connectivity index (χ4n) is 4.39. The molecule has 4 N–H and O–H groups in total. The average Bonchev–Trinajstić information content (AvgIpc) is 3.73. The van der Waals surface area contributed by atoms with Gasteiger partial charge >= 0.3 is 0 Å². The number of fused-ring (bicyclic) bond motifs is 1. The summed E-state index contributed by atoms with van der Waals surface area (Å²) in [6.07, 6.45) is 6.69. The summed E-state index contributed by atoms with van der Waals surface area (Å²) in [5.74, 6) is 0.667. The number of nitrogens with zero attached hydrogens (tertiary/aromatic N) is 2. The number of hydrogen-bond acceptors (Lipinski definition) is 5. The largest absolute Gasteiger partial charge is 0.404 e. The highest BCUT2D eigenvalue weighted by atomic mass is 16.1. The summed E-state index contributed by atoms with van der Waals surface area (Å²) >= 11 is 0. The fraction of sp³-hybridized carbons (Fsp3) is 0.280. The van der Waals surface area contributed by atoms with Gasteiger partial charge in [0.1, 0.15) is 0 Å². The number of aromatic nitrogens is 2. The predicted molar refractivity (Wildman–Crippen MR) is 126 cm³/mol. The summed E-state index contributed by atoms with van der Waals surface area (Å²) in [7, 11) is 0. The average molecular weight is 428 g/mol. The maximum absolute atomic E-state index is 13.3. The lowest BCUT2D eigenvalue weighted by molar-refractivity contribution is -0.112. The first kappa shape index (κ1) is 20.2. The van der Waals surface area contributed by atoms with Crippen molar-refractivity contribution in [2.24, 2.45) is 17.6 Å². The molecule has 162 valence electrons. The molecule has 3 aromatic rings. The van der Waals surface area contributed by atoms with Gasteiger partial charge in [-0.2, -0.15) is 5.10 Å². The molecule has 32 heavy (non-hydrogen) atoms. The van der Waals surface area contributed by atoms with E-state index in [9.17, 15) is 9.59 Å². The molecule has 7 heteroatoms. The monoisotopic (exact) mass is 427 g/mol. The van der Waals surface area contributed by atoms with Gasteiger partial charge in [-0.25, -0.2) is 4.68 Å². The summed E-state index contributed by atoms with van der Waals surface area (Å²) < 4.78 is 1.76. The lowest BCUT2D eigenvalue weighted by Crippen LogP contribution is -2.30. The van der Waals surface area contributed by atoms with Crippen LogP contribution in [0.2, 0.25) is 0 Å². The van der Waals surface area contributed by atoms with Crippen LogP contribution in [-0.2, 0) is 4.79 Å². The van der Waals surface area contributed by atoms with Crippen LogP contribution in [0, 0.1) is 17.2 Å². The van der Waals surface area contributed by atoms with Gasteiger partial charge in [0.2, 0.25) is 0 Å². The maximum Gasteiger partial charge on any atom is 0.274 e. The van der Waals surface area contributed by atoms with Crippen LogP contribution in [0.15, 0.2) is 65.1 Å². The third-order valence-electron chi connectivity index (χ3n) is 6.33. The van der Waals surface area contributed by atoms with E-state index in [1.165, 1.54) is 25.7 Å². The molecule has 2 fully saturated rings. The molecule has 2 aliphatic carbocycles. The second kappa shape index (κ2) is 8.07. The Kier molecular flexibility index (Phi) is 5.09. The van der Waals surface area contributed by atoms with Gasteiger partial charge in [-0.15, -0.1) is 0 Å². The number of carbonyl (C=O) groups excluding carboxylic acids is 1. The van der Waals surface area contributed by atoms with E-state index in [1.807, 2.05) is 36.4 Å². The molecular formula is C25H25N5O2. The van der Waals surface area contributed by atoms with Crippen molar-refractivity contribution in [1.82, 2.24) is 9.78 Å². The van der Waals surface area contributed by atoms with Crippen LogP contribution in [0.25, 0.3) is 22.0 Å². The zero-order valence-corrected chi connectivity index (χ0v) is 17.6. The molecule has 2 saturated carbocycles. The molecule has 0 unspecified atom stereocenters. The smallest absolute Gasteiger partial charge is 0.274 e. The van der Waals surface area contributed by atoms with E-state index < -0.39 is 5.91 Å². The van der Waals surface area contributed by atoms with Gasteiger partial charge in [-0.05, 0) is 55.7 Å². The molecule has 0 radical (unpaired) electrons. The second-order valence-corrected chi connectivity index (χ2v) is 8.61. The third-order valence-corrected chi connectivity index (χ3v) is 6.33. The molecular weight excluding hydrogens is 402 g/mol. The van der Waals surface area contributed by atoms with Crippen molar-refractivity contribution in [3.05, 3.63) is 70.7 Å². The van der Waals surface area contributed by atoms with Gasteiger partial charge in [-0.3, -0.25) is 9.59 Å². The van der Waals surface area contributed by atoms with Gasteiger partial charge in [0.25, 0.3) is 11.5 Å². The Balaban J connectivity index is 1.55. The lowest BCUT2D eigenvalue weighted by atomic mass is 10.0. The Morgan fingerprint density at radius 1 is 1.06 bits per heavy atom. The van der Waals surface area contributed by atoms with E-state index in [0.717, 1.165) is 29.1 Å². The standard InChI is InChI=1S/C25H25N5O2/c26-13-18(14-27)24(31)28-19-11-9-15(10-12-19)22-20-3-1-2-4-21(20)25(32)30(29-22)23(16-5-6-16)17-7-8-17/h1-4,9-14,16-17,23,26H,5-8,27H2,(H,28,31)/b18-14+,26-13?. The van der Waals surface area contributed by atoms with Crippen LogP contribution in [0.1, 0.15) is 31.7 Å². The number of rotatable bonds is 7. The van der Waals surface area contributed by atoms with Crippen molar-refractivity contribution < 1.29 is 4.79 Å². The molecule has 0 spiro atoms. The molecule has 1 aromatic heterocycles. The van der Waals surface area contributed by atoms with E-state index in [2.05, 4.69) is 5.32 Å². The SMILES string of the molecule is N=C/C(=C\N)C(=O)Nc1ccc(-c2nn(C(C3CC3)C3CC3)c(=O)c3ccccc23)cc1. The summed E-state index contributed by atoms with van der Waals surface area (Å²) in [5.41, 5.74) is 7.69. The second-order valence-electron chi connectivity index (χ2n) is 8.61. The molecule has 1 heterocycles. The highest BCUT2D eigenvalue weighted by Gasteiger charge is 2.44. The molecule has 2 aliphatic rings. The first-order chi connectivity index (χ1) is 15.6. The zero-order chi connectivity index (χ0) is 22.2. The topological polar surface area (TPSA) is 114 Å². The van der Waals surface area contributed by atoms with Crippen molar-refractivity contribution >= 4 is 28.6 Å². The Hall–Kier alpha value is -3.74. The Morgan fingerprint density at radius 3 is 2.25 bits per heavy atom. The first-order valence-corrected chi connectivity index (χ1v) is 11.0. The minimum Gasteiger partial charge on any atom is -0.404 e. The molecule has 1 amide bonds. The van der Waals surface area contributed by atoms with E-state index in [0.29, 0.717) is 22.9 Å². The van der Waals surface area contributed by atoms with Gasteiger partial charge in [0.15, 0.2) is 0 Å². The molecule has 0 aliphatic heterocycles. The number of anilines is 1. The van der Waals surface area contributed by atoms with E-state index >= 15 is 0 Å². The van der Waals surface area contributed by atoms with Gasteiger partial charge in [0, 0.05) is 29.1 Å². The normalized spacial score (nSPS) is 16.3. The van der Waals surface area contributed by atoms with Crippen molar-refractivity contribution in [3.8, 4) is 11.3 Å². The third kappa shape index (κ3) is 3.70. The van der Waals surface area contributed by atoms with Gasteiger partial charge < -0.3 is 16.5 Å². The van der Waals surface area contributed by atoms with E-state index in [1.54, 1.807) is 16.8 Å². The molecule has 0 saturated heterocycles. The summed E-state index contributed by atoms with van der Waals surface area (Å²) in [6.45, 7) is 0. The van der Waals surface area contributed by atoms with Crippen molar-refractivity contribution in [2.75, 3.05) is 5.32 Å². The minimum absolute atomic E-state index is 0.00946. The Morgan fingerprint density at radius 2 is 1.69 bits per heavy atom. The maximum atomic E-state index is 13.3. The van der Waals surface area contributed by atoms with Gasteiger partial charge in [-0.1, -0.05) is 30.3 Å². The summed E-state index contributed by atoms with van der Waals surface area (Å²) in [5, 5.41) is 16.4. The summed E-state index contributed by atoms with van der Waals surface area (Å²) in [4.78, 5) is 25.5. The van der Waals surface area contributed by atoms with Crippen LogP contribution >= 0.6 is 0 Å². The van der Waals surface area contributed by atoms with E-state index in [4.69, 9.17) is 16.2 Å². The number of hydrogen-bond donors (Lipinski definition) is 3. The van der Waals surface area contributed by atoms with Crippen LogP contribution < -0.4 is 16.6 Å². The van der Waals surface area contributed by atoms with Crippen LogP contribution in [0.4, 0.5) is 5.69 Å². The van der Waals surface area contributed by atoms with Crippen molar-refractivity contribution in [2.45, 2.75) is 31.7 Å². The minimum atomic E-state index is -0.441. The molecule has 5 rings (SSSR count). The highest BCUT2D eigenvalue weighted by Crippen LogP contribution is 2.51. The number of nitrogens with two attached hydrogens (primary N) is 1. The van der Waals surface area contributed by atoms with Crippen molar-refractivity contribution in [1.29, 1.82) is 5.41 Å². The lowest BCUT2D eigenvalue weighted by Gasteiger charge is -2.20. The summed E-state index contributed by atoms with van der Waals surface area (Å²) in [6, 6.07) is 15.2. The quantitative estimate of drug-likeness (QED) is 0.392. The zero-order valence-electron chi connectivity index (χ0n) is 17.6. The fourth-order valence-corrected chi connectivity index (χ4v) is 4.39. The molecule has 0 bridgehead atoms. The number of amides is 1. The number of nitrogens with one attached hydrogen (secondary N) is 2. The molecule has 0 atom stereocenters.